The third-order valence-corrected chi connectivity index (χ3v) is 4.18. The molecule has 1 aromatic carbocycles. The van der Waals surface area contributed by atoms with Gasteiger partial charge < -0.3 is 10.1 Å². The number of anilines is 1. The van der Waals surface area contributed by atoms with Crippen molar-refractivity contribution >= 4 is 29.3 Å². The van der Waals surface area contributed by atoms with Crippen LogP contribution >= 0.6 is 11.8 Å². The van der Waals surface area contributed by atoms with E-state index in [9.17, 15) is 18.4 Å². The molecule has 7 heteroatoms. The Hall–Kier alpha value is -1.63. The Balaban J connectivity index is 3.11. The molecular formula is C14H17F2NO3S. The summed E-state index contributed by atoms with van der Waals surface area (Å²) in [5, 5.41) is 1.65. The number of halogens is 2. The number of hydrogen-bond acceptors (Lipinski definition) is 4. The van der Waals surface area contributed by atoms with Gasteiger partial charge in [0.2, 0.25) is 5.91 Å². The Bertz CT molecular complexity index is 549. The van der Waals surface area contributed by atoms with Crippen LogP contribution < -0.4 is 5.32 Å². The van der Waals surface area contributed by atoms with Gasteiger partial charge in [-0.15, -0.1) is 11.8 Å². The molecule has 0 aliphatic heterocycles. The van der Waals surface area contributed by atoms with Gasteiger partial charge in [0, 0.05) is 17.9 Å². The van der Waals surface area contributed by atoms with Crippen LogP contribution in [-0.4, -0.2) is 24.2 Å². The lowest BCUT2D eigenvalue weighted by Gasteiger charge is -2.18. The second kappa shape index (κ2) is 7.40. The Morgan fingerprint density at radius 3 is 2.33 bits per heavy atom. The number of hydrogen-bond donors (Lipinski definition) is 1. The van der Waals surface area contributed by atoms with Gasteiger partial charge in [-0.2, -0.15) is 0 Å². The van der Waals surface area contributed by atoms with E-state index in [2.05, 4.69) is 10.1 Å². The number of ether oxygens (including phenoxy) is 1. The van der Waals surface area contributed by atoms with Crippen LogP contribution in [0.25, 0.3) is 0 Å². The molecule has 0 saturated carbocycles. The highest BCUT2D eigenvalue weighted by Gasteiger charge is 2.26. The van der Waals surface area contributed by atoms with Gasteiger partial charge >= 0.3 is 5.97 Å². The summed E-state index contributed by atoms with van der Waals surface area (Å²) in [6, 6.07) is 1.86. The van der Waals surface area contributed by atoms with Crippen molar-refractivity contribution in [2.45, 2.75) is 30.9 Å². The zero-order chi connectivity index (χ0) is 16.2. The zero-order valence-corrected chi connectivity index (χ0v) is 13.0. The summed E-state index contributed by atoms with van der Waals surface area (Å²) in [6.07, 6.45) is 0. The van der Waals surface area contributed by atoms with E-state index in [1.165, 1.54) is 20.1 Å². The predicted molar refractivity (Wildman–Crippen MR) is 77.2 cm³/mol. The molecule has 0 aromatic heterocycles. The minimum atomic E-state index is -0.869. The van der Waals surface area contributed by atoms with Crippen molar-refractivity contribution in [1.82, 2.24) is 0 Å². The molecular weight excluding hydrogens is 300 g/mol. The number of esters is 1. The summed E-state index contributed by atoms with van der Waals surface area (Å²) >= 11 is 0.939. The van der Waals surface area contributed by atoms with Gasteiger partial charge in [0.05, 0.1) is 12.8 Å². The average molecular weight is 317 g/mol. The molecule has 1 atom stereocenters. The second-order valence-electron chi connectivity index (χ2n) is 4.75. The maximum Gasteiger partial charge on any atom is 0.319 e. The number of carbonyl (C=O) groups is 2. The fraction of sp³-hybridized carbons (Fsp3) is 0.429. The van der Waals surface area contributed by atoms with Crippen molar-refractivity contribution in [3.05, 3.63) is 23.8 Å². The van der Waals surface area contributed by atoms with E-state index < -0.39 is 28.8 Å². The fourth-order valence-corrected chi connectivity index (χ4v) is 2.71. The number of benzene rings is 1. The minimum absolute atomic E-state index is 0.0734. The molecule has 1 amide bonds. The van der Waals surface area contributed by atoms with Crippen molar-refractivity contribution in [2.75, 3.05) is 12.4 Å². The molecule has 1 N–H and O–H groups in total. The quantitative estimate of drug-likeness (QED) is 0.669. The van der Waals surface area contributed by atoms with Gasteiger partial charge in [-0.05, 0) is 12.0 Å². The largest absolute Gasteiger partial charge is 0.468 e. The van der Waals surface area contributed by atoms with Crippen LogP contribution in [0.3, 0.4) is 0 Å². The van der Waals surface area contributed by atoms with Gasteiger partial charge in [0.25, 0.3) is 0 Å². The Kier molecular flexibility index (Phi) is 6.14. The summed E-state index contributed by atoms with van der Waals surface area (Å²) in [7, 11) is 1.25. The first-order chi connectivity index (χ1) is 9.76. The maximum atomic E-state index is 13.8. The van der Waals surface area contributed by atoms with Crippen molar-refractivity contribution in [1.29, 1.82) is 0 Å². The predicted octanol–water partition coefficient (Wildman–Crippen LogP) is 3.21. The van der Waals surface area contributed by atoms with Crippen LogP contribution in [0.2, 0.25) is 0 Å². The van der Waals surface area contributed by atoms with E-state index in [0.29, 0.717) is 6.07 Å². The molecule has 0 aliphatic carbocycles. The van der Waals surface area contributed by atoms with Gasteiger partial charge in [-0.3, -0.25) is 9.59 Å². The maximum absolute atomic E-state index is 13.8. The molecule has 1 aromatic rings. The third kappa shape index (κ3) is 4.70. The minimum Gasteiger partial charge on any atom is -0.468 e. The topological polar surface area (TPSA) is 55.4 Å². The van der Waals surface area contributed by atoms with Crippen molar-refractivity contribution < 1.29 is 23.1 Å². The highest BCUT2D eigenvalue weighted by Crippen LogP contribution is 2.33. The fourth-order valence-electron chi connectivity index (χ4n) is 1.61. The van der Waals surface area contributed by atoms with Gasteiger partial charge in [0.15, 0.2) is 0 Å². The van der Waals surface area contributed by atoms with E-state index >= 15 is 0 Å². The molecule has 0 aliphatic rings. The highest BCUT2D eigenvalue weighted by molar-refractivity contribution is 8.00. The molecule has 0 bridgehead atoms. The summed E-state index contributed by atoms with van der Waals surface area (Å²) in [5.41, 5.74) is -0.126. The number of thioether (sulfide) groups is 1. The first kappa shape index (κ1) is 17.4. The lowest BCUT2D eigenvalue weighted by atomic mass is 10.1. The normalized spacial score (nSPS) is 12.1. The van der Waals surface area contributed by atoms with E-state index in [4.69, 9.17) is 0 Å². The molecule has 1 unspecified atom stereocenters. The standard InChI is InChI=1S/C14H17F2NO3S/c1-7(2)13(14(19)20-4)21-12-6-11(17-8(3)18)9(15)5-10(12)16/h5-7,13H,1-4H3,(H,17,18). The first-order valence-corrected chi connectivity index (χ1v) is 7.15. The molecule has 21 heavy (non-hydrogen) atoms. The van der Waals surface area contributed by atoms with E-state index in [0.717, 1.165) is 11.8 Å². The summed E-state index contributed by atoms with van der Waals surface area (Å²) in [4.78, 5) is 22.8. The molecule has 0 saturated heterocycles. The summed E-state index contributed by atoms with van der Waals surface area (Å²) < 4.78 is 32.1. The average Bonchev–Trinajstić information content (AvgIpc) is 2.38. The molecule has 0 radical (unpaired) electrons. The van der Waals surface area contributed by atoms with Crippen molar-refractivity contribution in [3.8, 4) is 0 Å². The molecule has 4 nitrogen and oxygen atoms in total. The van der Waals surface area contributed by atoms with Crippen molar-refractivity contribution in [2.24, 2.45) is 5.92 Å². The molecule has 0 heterocycles. The van der Waals surface area contributed by atoms with Crippen LogP contribution in [0.5, 0.6) is 0 Å². The lowest BCUT2D eigenvalue weighted by Crippen LogP contribution is -2.24. The van der Waals surface area contributed by atoms with Crippen LogP contribution in [0.1, 0.15) is 20.8 Å². The van der Waals surface area contributed by atoms with Gasteiger partial charge in [-0.1, -0.05) is 13.8 Å². The smallest absolute Gasteiger partial charge is 0.319 e. The van der Waals surface area contributed by atoms with E-state index in [1.54, 1.807) is 13.8 Å². The number of amides is 1. The molecule has 0 fully saturated rings. The van der Waals surface area contributed by atoms with Crippen LogP contribution in [-0.2, 0) is 14.3 Å². The van der Waals surface area contributed by atoms with E-state index in [-0.39, 0.29) is 16.5 Å². The monoisotopic (exact) mass is 317 g/mol. The Morgan fingerprint density at radius 1 is 1.24 bits per heavy atom. The lowest BCUT2D eigenvalue weighted by molar-refractivity contribution is -0.140. The van der Waals surface area contributed by atoms with Crippen LogP contribution in [0.15, 0.2) is 17.0 Å². The number of methoxy groups -OCH3 is 1. The number of rotatable bonds is 5. The zero-order valence-electron chi connectivity index (χ0n) is 12.2. The number of nitrogens with one attached hydrogen (secondary N) is 1. The SMILES string of the molecule is COC(=O)C(Sc1cc(NC(C)=O)c(F)cc1F)C(C)C. The molecule has 0 spiro atoms. The summed E-state index contributed by atoms with van der Waals surface area (Å²) in [5.74, 6) is -2.71. The number of carbonyl (C=O) groups excluding carboxylic acids is 2. The van der Waals surface area contributed by atoms with Gasteiger partial charge in [-0.25, -0.2) is 8.78 Å². The van der Waals surface area contributed by atoms with Crippen LogP contribution in [0, 0.1) is 17.6 Å². The molecule has 116 valence electrons. The van der Waals surface area contributed by atoms with Crippen LogP contribution in [0.4, 0.5) is 14.5 Å². The Labute approximate surface area is 126 Å². The highest BCUT2D eigenvalue weighted by atomic mass is 32.2. The Morgan fingerprint density at radius 2 is 1.86 bits per heavy atom. The molecule has 1 rings (SSSR count). The third-order valence-electron chi connectivity index (χ3n) is 2.63. The van der Waals surface area contributed by atoms with Crippen molar-refractivity contribution in [3.63, 3.8) is 0 Å². The first-order valence-electron chi connectivity index (χ1n) is 6.27. The summed E-state index contributed by atoms with van der Waals surface area (Å²) in [6.45, 7) is 4.82. The van der Waals surface area contributed by atoms with E-state index in [1.807, 2.05) is 0 Å². The second-order valence-corrected chi connectivity index (χ2v) is 5.93. The van der Waals surface area contributed by atoms with Gasteiger partial charge in [0.1, 0.15) is 16.9 Å².